The van der Waals surface area contributed by atoms with Crippen LogP contribution in [-0.2, 0) is 11.3 Å². The quantitative estimate of drug-likeness (QED) is 0.500. The summed E-state index contributed by atoms with van der Waals surface area (Å²) in [5.74, 6) is 0.146. The van der Waals surface area contributed by atoms with E-state index in [1.54, 1.807) is 4.57 Å². The van der Waals surface area contributed by atoms with Gasteiger partial charge in [0.2, 0.25) is 5.91 Å². The average molecular weight is 402 g/mol. The van der Waals surface area contributed by atoms with Crippen LogP contribution in [0.25, 0.3) is 10.2 Å². The second kappa shape index (κ2) is 8.27. The summed E-state index contributed by atoms with van der Waals surface area (Å²) in [6.07, 6.45) is 0. The molecule has 0 aliphatic carbocycles. The molecule has 0 spiro atoms. The summed E-state index contributed by atoms with van der Waals surface area (Å²) in [6.45, 7) is 8.38. The number of amides is 1. The first kappa shape index (κ1) is 19.6. The van der Waals surface area contributed by atoms with Gasteiger partial charge in [0.15, 0.2) is 5.16 Å². The number of nitrogens with one attached hydrogen (secondary N) is 1. The van der Waals surface area contributed by atoms with E-state index in [2.05, 4.69) is 5.32 Å². The minimum atomic E-state index is -0.0768. The minimum absolute atomic E-state index is 0.0240. The van der Waals surface area contributed by atoms with Crippen LogP contribution >= 0.6 is 23.1 Å². The van der Waals surface area contributed by atoms with Crippen LogP contribution in [0.15, 0.2) is 40.3 Å². The number of benzene rings is 1. The summed E-state index contributed by atoms with van der Waals surface area (Å²) in [5, 5.41) is 4.20. The van der Waals surface area contributed by atoms with Crippen molar-refractivity contribution in [2.45, 2.75) is 45.4 Å². The first-order chi connectivity index (χ1) is 12.9. The van der Waals surface area contributed by atoms with Gasteiger partial charge in [0.25, 0.3) is 5.56 Å². The Bertz CT molecular complexity index is 1020. The lowest BCUT2D eigenvalue weighted by Crippen LogP contribution is -2.27. The highest BCUT2D eigenvalue weighted by Gasteiger charge is 2.19. The van der Waals surface area contributed by atoms with E-state index in [4.69, 9.17) is 4.98 Å². The van der Waals surface area contributed by atoms with Crippen LogP contribution < -0.4 is 10.9 Å². The summed E-state index contributed by atoms with van der Waals surface area (Å²) < 4.78 is 1.69. The summed E-state index contributed by atoms with van der Waals surface area (Å²) in [6, 6.07) is 9.76. The highest BCUT2D eigenvalue weighted by atomic mass is 32.2. The van der Waals surface area contributed by atoms with E-state index < -0.39 is 0 Å². The molecule has 2 heterocycles. The number of carbonyl (C=O) groups is 1. The predicted molar refractivity (Wildman–Crippen MR) is 113 cm³/mol. The zero-order chi connectivity index (χ0) is 19.6. The van der Waals surface area contributed by atoms with Crippen molar-refractivity contribution in [3.63, 3.8) is 0 Å². The minimum Gasteiger partial charge on any atom is -0.351 e. The summed E-state index contributed by atoms with van der Waals surface area (Å²) in [7, 11) is 0. The van der Waals surface area contributed by atoms with E-state index in [0.717, 1.165) is 20.8 Å². The van der Waals surface area contributed by atoms with Crippen LogP contribution in [0.3, 0.4) is 0 Å². The normalized spacial score (nSPS) is 11.3. The molecule has 27 heavy (non-hydrogen) atoms. The molecule has 0 unspecified atom stereocenters. The Morgan fingerprint density at radius 1 is 1.26 bits per heavy atom. The third-order valence-corrected chi connectivity index (χ3v) is 6.44. The van der Waals surface area contributed by atoms with Crippen molar-refractivity contribution in [2.75, 3.05) is 5.75 Å². The lowest BCUT2D eigenvalue weighted by atomic mass is 10.2. The van der Waals surface area contributed by atoms with E-state index in [9.17, 15) is 9.59 Å². The number of thioether (sulfide) groups is 1. The number of hydrogen-bond acceptors (Lipinski definition) is 5. The molecule has 1 aromatic carbocycles. The standard InChI is InChI=1S/C20H23N3O2S2/c1-12(2)23-19(25)17-13(3)14(4)27-18(17)22-20(23)26-11-16(24)21-10-15-8-6-5-7-9-15/h5-9,12H,10-11H2,1-4H3,(H,21,24). The maximum atomic E-state index is 13.0. The molecule has 0 aliphatic rings. The van der Waals surface area contributed by atoms with Gasteiger partial charge in [0.05, 0.1) is 11.1 Å². The highest BCUT2D eigenvalue weighted by Crippen LogP contribution is 2.29. The van der Waals surface area contributed by atoms with E-state index in [0.29, 0.717) is 17.1 Å². The van der Waals surface area contributed by atoms with E-state index >= 15 is 0 Å². The zero-order valence-electron chi connectivity index (χ0n) is 15.9. The topological polar surface area (TPSA) is 64.0 Å². The molecule has 3 aromatic rings. The Labute approximate surface area is 166 Å². The van der Waals surface area contributed by atoms with Crippen LogP contribution in [0, 0.1) is 13.8 Å². The van der Waals surface area contributed by atoms with Gasteiger partial charge in [-0.1, -0.05) is 42.1 Å². The summed E-state index contributed by atoms with van der Waals surface area (Å²) >= 11 is 2.84. The average Bonchev–Trinajstić information content (AvgIpc) is 2.93. The fraction of sp³-hybridized carbons (Fsp3) is 0.350. The third kappa shape index (κ3) is 4.25. The smallest absolute Gasteiger partial charge is 0.263 e. The Hall–Kier alpha value is -2.12. The molecule has 1 amide bonds. The SMILES string of the molecule is Cc1sc2nc(SCC(=O)NCc3ccccc3)n(C(C)C)c(=O)c2c1C. The largest absolute Gasteiger partial charge is 0.351 e. The molecule has 2 aromatic heterocycles. The second-order valence-electron chi connectivity index (χ2n) is 6.68. The van der Waals surface area contributed by atoms with E-state index in [-0.39, 0.29) is 23.3 Å². The van der Waals surface area contributed by atoms with Gasteiger partial charge in [-0.3, -0.25) is 14.2 Å². The van der Waals surface area contributed by atoms with Crippen LogP contribution in [0.4, 0.5) is 0 Å². The maximum absolute atomic E-state index is 13.0. The Kier molecular flexibility index (Phi) is 6.01. The summed E-state index contributed by atoms with van der Waals surface area (Å²) in [4.78, 5) is 31.8. The first-order valence-electron chi connectivity index (χ1n) is 8.84. The van der Waals surface area contributed by atoms with Gasteiger partial charge in [-0.2, -0.15) is 0 Å². The van der Waals surface area contributed by atoms with Crippen LogP contribution in [0.2, 0.25) is 0 Å². The van der Waals surface area contributed by atoms with Crippen molar-refractivity contribution in [1.29, 1.82) is 0 Å². The van der Waals surface area contributed by atoms with Crippen molar-refractivity contribution in [1.82, 2.24) is 14.9 Å². The van der Waals surface area contributed by atoms with Gasteiger partial charge in [-0.15, -0.1) is 11.3 Å². The van der Waals surface area contributed by atoms with Gasteiger partial charge in [0, 0.05) is 17.5 Å². The number of nitrogens with zero attached hydrogens (tertiary/aromatic N) is 2. The van der Waals surface area contributed by atoms with E-state index in [1.165, 1.54) is 23.1 Å². The van der Waals surface area contributed by atoms with Gasteiger partial charge in [0.1, 0.15) is 4.83 Å². The lowest BCUT2D eigenvalue weighted by Gasteiger charge is -2.15. The number of fused-ring (bicyclic) bond motifs is 1. The molecule has 0 saturated heterocycles. The van der Waals surface area contributed by atoms with Crippen LogP contribution in [0.1, 0.15) is 35.9 Å². The molecule has 1 N–H and O–H groups in total. The molecule has 0 saturated carbocycles. The first-order valence-corrected chi connectivity index (χ1v) is 10.6. The molecule has 0 radical (unpaired) electrons. The van der Waals surface area contributed by atoms with Crippen LogP contribution in [-0.4, -0.2) is 21.2 Å². The Balaban J connectivity index is 1.78. The lowest BCUT2D eigenvalue weighted by molar-refractivity contribution is -0.118. The number of aromatic nitrogens is 2. The van der Waals surface area contributed by atoms with E-state index in [1.807, 2.05) is 58.0 Å². The van der Waals surface area contributed by atoms with Crippen molar-refractivity contribution >= 4 is 39.2 Å². The monoisotopic (exact) mass is 401 g/mol. The van der Waals surface area contributed by atoms with Gasteiger partial charge in [-0.05, 0) is 38.8 Å². The molecule has 0 fully saturated rings. The number of aryl methyl sites for hydroxylation is 2. The van der Waals surface area contributed by atoms with Crippen molar-refractivity contribution in [3.8, 4) is 0 Å². The van der Waals surface area contributed by atoms with Gasteiger partial charge < -0.3 is 5.32 Å². The van der Waals surface area contributed by atoms with Gasteiger partial charge in [-0.25, -0.2) is 4.98 Å². The van der Waals surface area contributed by atoms with Crippen LogP contribution in [0.5, 0.6) is 0 Å². The molecule has 0 bridgehead atoms. The fourth-order valence-corrected chi connectivity index (χ4v) is 4.85. The van der Waals surface area contributed by atoms with Gasteiger partial charge >= 0.3 is 0 Å². The van der Waals surface area contributed by atoms with Crippen molar-refractivity contribution in [3.05, 3.63) is 56.7 Å². The fourth-order valence-electron chi connectivity index (χ4n) is 2.82. The molecule has 7 heteroatoms. The second-order valence-corrected chi connectivity index (χ2v) is 8.82. The van der Waals surface area contributed by atoms with Crippen molar-refractivity contribution in [2.24, 2.45) is 0 Å². The molecule has 142 valence electrons. The predicted octanol–water partition coefficient (Wildman–Crippen LogP) is 4.06. The maximum Gasteiger partial charge on any atom is 0.263 e. The number of rotatable bonds is 6. The highest BCUT2D eigenvalue weighted by molar-refractivity contribution is 7.99. The molecular formula is C20H23N3O2S2. The van der Waals surface area contributed by atoms with Crippen molar-refractivity contribution < 1.29 is 4.79 Å². The molecule has 0 atom stereocenters. The Morgan fingerprint density at radius 2 is 1.96 bits per heavy atom. The Morgan fingerprint density at radius 3 is 2.63 bits per heavy atom. The third-order valence-electron chi connectivity index (χ3n) is 4.38. The zero-order valence-corrected chi connectivity index (χ0v) is 17.5. The number of hydrogen-bond donors (Lipinski definition) is 1. The summed E-state index contributed by atoms with van der Waals surface area (Å²) in [5.41, 5.74) is 2.03. The molecular weight excluding hydrogens is 378 g/mol. The number of thiophene rings is 1. The molecule has 3 rings (SSSR count). The number of carbonyl (C=O) groups excluding carboxylic acids is 1. The molecule has 0 aliphatic heterocycles. The molecule has 5 nitrogen and oxygen atoms in total.